The van der Waals surface area contributed by atoms with Gasteiger partial charge in [0.25, 0.3) is 0 Å². The van der Waals surface area contributed by atoms with E-state index >= 15 is 0 Å². The lowest BCUT2D eigenvalue weighted by molar-refractivity contribution is 0.194. The second kappa shape index (κ2) is 10.8. The zero-order chi connectivity index (χ0) is 7.70. The summed E-state index contributed by atoms with van der Waals surface area (Å²) in [6.45, 7) is 5.08. The molecule has 0 bridgehead atoms. The Kier molecular flexibility index (Phi) is 14.0. The van der Waals surface area contributed by atoms with Crippen LogP contribution in [0.15, 0.2) is 0 Å². The van der Waals surface area contributed by atoms with E-state index in [0.29, 0.717) is 6.54 Å². The van der Waals surface area contributed by atoms with Crippen LogP contribution >= 0.6 is 0 Å². The average Bonchev–Trinajstić information content (AvgIpc) is 1.67. The molecule has 0 heterocycles. The molecule has 0 aliphatic heterocycles. The number of nitrogens with two attached hydrogens (primary N) is 1. The van der Waals surface area contributed by atoms with Gasteiger partial charge in [0.2, 0.25) is 0 Å². The van der Waals surface area contributed by atoms with Crippen molar-refractivity contribution in [2.45, 2.75) is 20.0 Å². The Balaban J connectivity index is 0. The molecule has 0 aliphatic rings. The average molecular weight is 134 g/mol. The second-order valence-electron chi connectivity index (χ2n) is 1.81. The molecular formula is C6H18N2O. The summed E-state index contributed by atoms with van der Waals surface area (Å²) in [5, 5.41) is 11.3. The number of aliphatic hydroxyl groups is 1. The van der Waals surface area contributed by atoms with Gasteiger partial charge in [-0.15, -0.1) is 0 Å². The van der Waals surface area contributed by atoms with Gasteiger partial charge < -0.3 is 16.2 Å². The minimum absolute atomic E-state index is 0.213. The van der Waals surface area contributed by atoms with Crippen LogP contribution in [0.25, 0.3) is 0 Å². The molecule has 0 amide bonds. The quantitative estimate of drug-likeness (QED) is 0.479. The Labute approximate surface area is 57.3 Å². The maximum absolute atomic E-state index is 8.49. The number of hydrogen-bond donors (Lipinski definition) is 3. The van der Waals surface area contributed by atoms with Gasteiger partial charge in [0, 0.05) is 6.54 Å². The predicted octanol–water partition coefficient (Wildman–Crippen LogP) is -0.448. The number of likely N-dealkylation sites (N-methyl/N-ethyl adjacent to an activating group) is 1. The first-order valence-corrected chi connectivity index (χ1v) is 3.21. The minimum atomic E-state index is -0.213. The first kappa shape index (κ1) is 11.6. The van der Waals surface area contributed by atoms with E-state index in [0.717, 1.165) is 6.54 Å². The molecule has 0 aromatic rings. The van der Waals surface area contributed by atoms with Gasteiger partial charge in [-0.3, -0.25) is 0 Å². The third-order valence-corrected chi connectivity index (χ3v) is 0.500. The standard InChI is InChI=1S/C4H11NO.C2H7N/c1-4(6)3-5-2;1-2-3/h4-6H,3H2,1-2H3;2-3H2,1H3. The van der Waals surface area contributed by atoms with Crippen molar-refractivity contribution in [2.24, 2.45) is 5.73 Å². The van der Waals surface area contributed by atoms with Crippen molar-refractivity contribution in [3.8, 4) is 0 Å². The number of aliphatic hydroxyl groups excluding tert-OH is 1. The highest BCUT2D eigenvalue weighted by Crippen LogP contribution is 1.69. The zero-order valence-corrected chi connectivity index (χ0v) is 6.52. The molecule has 0 aromatic heterocycles. The van der Waals surface area contributed by atoms with Crippen molar-refractivity contribution in [1.82, 2.24) is 5.32 Å². The maximum atomic E-state index is 8.49. The van der Waals surface area contributed by atoms with Crippen LogP contribution in [0, 0.1) is 0 Å². The third kappa shape index (κ3) is 32.8. The normalized spacial score (nSPS) is 11.7. The van der Waals surface area contributed by atoms with Crippen molar-refractivity contribution in [3.05, 3.63) is 0 Å². The molecule has 0 aliphatic carbocycles. The van der Waals surface area contributed by atoms with Gasteiger partial charge in [-0.2, -0.15) is 0 Å². The van der Waals surface area contributed by atoms with E-state index in [-0.39, 0.29) is 6.10 Å². The van der Waals surface area contributed by atoms with Crippen LogP contribution in [0.3, 0.4) is 0 Å². The van der Waals surface area contributed by atoms with E-state index in [1.165, 1.54) is 0 Å². The molecule has 0 fully saturated rings. The minimum Gasteiger partial charge on any atom is -0.392 e. The lowest BCUT2D eigenvalue weighted by Gasteiger charge is -1.97. The van der Waals surface area contributed by atoms with Crippen molar-refractivity contribution in [1.29, 1.82) is 0 Å². The number of hydrogen-bond acceptors (Lipinski definition) is 3. The van der Waals surface area contributed by atoms with E-state index in [9.17, 15) is 0 Å². The lowest BCUT2D eigenvalue weighted by Crippen LogP contribution is -2.19. The maximum Gasteiger partial charge on any atom is 0.0636 e. The van der Waals surface area contributed by atoms with Crippen molar-refractivity contribution in [2.75, 3.05) is 20.1 Å². The molecule has 3 nitrogen and oxygen atoms in total. The van der Waals surface area contributed by atoms with E-state index < -0.39 is 0 Å². The fraction of sp³-hybridized carbons (Fsp3) is 1.00. The Morgan fingerprint density at radius 1 is 1.67 bits per heavy atom. The van der Waals surface area contributed by atoms with Crippen LogP contribution < -0.4 is 11.1 Å². The van der Waals surface area contributed by atoms with Gasteiger partial charge in [-0.1, -0.05) is 6.92 Å². The summed E-state index contributed by atoms with van der Waals surface area (Å²) in [7, 11) is 1.81. The van der Waals surface area contributed by atoms with Gasteiger partial charge >= 0.3 is 0 Å². The van der Waals surface area contributed by atoms with E-state index in [1.807, 2.05) is 14.0 Å². The predicted molar refractivity (Wildman–Crippen MR) is 40.3 cm³/mol. The Morgan fingerprint density at radius 2 is 2.00 bits per heavy atom. The molecule has 0 radical (unpaired) electrons. The largest absolute Gasteiger partial charge is 0.392 e. The van der Waals surface area contributed by atoms with Crippen molar-refractivity contribution in [3.63, 3.8) is 0 Å². The van der Waals surface area contributed by atoms with Crippen molar-refractivity contribution >= 4 is 0 Å². The molecule has 58 valence electrons. The Bertz CT molecular complexity index is 40.0. The van der Waals surface area contributed by atoms with Crippen LogP contribution in [-0.2, 0) is 0 Å². The molecule has 9 heavy (non-hydrogen) atoms. The summed E-state index contributed by atoms with van der Waals surface area (Å²) < 4.78 is 0. The van der Waals surface area contributed by atoms with E-state index in [1.54, 1.807) is 6.92 Å². The molecular weight excluding hydrogens is 116 g/mol. The SMILES string of the molecule is CCN.CNCC(C)O. The van der Waals surface area contributed by atoms with Crippen molar-refractivity contribution < 1.29 is 5.11 Å². The molecule has 1 atom stereocenters. The zero-order valence-electron chi connectivity index (χ0n) is 6.52. The molecule has 1 unspecified atom stereocenters. The van der Waals surface area contributed by atoms with Gasteiger partial charge in [-0.05, 0) is 20.5 Å². The highest BCUT2D eigenvalue weighted by molar-refractivity contribution is 4.44. The molecule has 3 heteroatoms. The first-order chi connectivity index (χ1) is 4.18. The van der Waals surface area contributed by atoms with Gasteiger partial charge in [0.05, 0.1) is 6.10 Å². The molecule has 4 N–H and O–H groups in total. The Hall–Kier alpha value is -0.120. The molecule has 0 saturated carbocycles. The molecule has 0 rings (SSSR count). The Morgan fingerprint density at radius 3 is 2.00 bits per heavy atom. The first-order valence-electron chi connectivity index (χ1n) is 3.21. The second-order valence-corrected chi connectivity index (χ2v) is 1.81. The molecule has 0 saturated heterocycles. The lowest BCUT2D eigenvalue weighted by atomic mass is 10.4. The van der Waals surface area contributed by atoms with E-state index in [2.05, 4.69) is 5.32 Å². The monoisotopic (exact) mass is 134 g/mol. The summed E-state index contributed by atoms with van der Waals surface area (Å²) in [5.41, 5.74) is 4.85. The van der Waals surface area contributed by atoms with Crippen LogP contribution in [0.1, 0.15) is 13.8 Å². The van der Waals surface area contributed by atoms with Crippen LogP contribution in [0.2, 0.25) is 0 Å². The topological polar surface area (TPSA) is 58.3 Å². The summed E-state index contributed by atoms with van der Waals surface area (Å²) in [4.78, 5) is 0. The third-order valence-electron chi connectivity index (χ3n) is 0.500. The fourth-order valence-corrected chi connectivity index (χ4v) is 0.295. The van der Waals surface area contributed by atoms with Gasteiger partial charge in [-0.25, -0.2) is 0 Å². The highest BCUT2D eigenvalue weighted by atomic mass is 16.3. The van der Waals surface area contributed by atoms with Gasteiger partial charge in [0.15, 0.2) is 0 Å². The van der Waals surface area contributed by atoms with Crippen LogP contribution in [-0.4, -0.2) is 31.3 Å². The smallest absolute Gasteiger partial charge is 0.0636 e. The summed E-state index contributed by atoms with van der Waals surface area (Å²) in [6, 6.07) is 0. The summed E-state index contributed by atoms with van der Waals surface area (Å²) in [5.74, 6) is 0. The molecule has 0 spiro atoms. The molecule has 0 aromatic carbocycles. The van der Waals surface area contributed by atoms with Crippen LogP contribution in [0.4, 0.5) is 0 Å². The van der Waals surface area contributed by atoms with E-state index in [4.69, 9.17) is 10.8 Å². The van der Waals surface area contributed by atoms with Crippen LogP contribution in [0.5, 0.6) is 0 Å². The highest BCUT2D eigenvalue weighted by Gasteiger charge is 1.86. The fourth-order valence-electron chi connectivity index (χ4n) is 0.295. The summed E-state index contributed by atoms with van der Waals surface area (Å²) >= 11 is 0. The summed E-state index contributed by atoms with van der Waals surface area (Å²) in [6.07, 6.45) is -0.213. The number of nitrogens with one attached hydrogen (secondary N) is 1. The number of rotatable bonds is 2. The van der Waals surface area contributed by atoms with Gasteiger partial charge in [0.1, 0.15) is 0 Å².